The SMILES string of the molecule is CCN(CC)c1ccc2c(-c3ccccc3C(=O)N3CCN(C(=O)CCCCC(=O)NC(CS(=O)(=O)O)C(=O)CCCCCCC(=O)ON4C(=O)CCC4=O)CC3)c3ccc(=[N+](CC)CC)cc-3oc2c1. The highest BCUT2D eigenvalue weighted by Gasteiger charge is 2.33. The zero-order chi connectivity index (χ0) is 51.2. The predicted molar refractivity (Wildman–Crippen MR) is 267 cm³/mol. The molecule has 2 saturated heterocycles. The van der Waals surface area contributed by atoms with Gasteiger partial charge in [-0.3, -0.25) is 33.3 Å². The van der Waals surface area contributed by atoms with E-state index in [1.807, 2.05) is 24.3 Å². The molecule has 0 bridgehead atoms. The number of piperazine rings is 1. The van der Waals surface area contributed by atoms with Gasteiger partial charge in [0, 0.05) is 118 Å². The van der Waals surface area contributed by atoms with Crippen molar-refractivity contribution >= 4 is 68.1 Å². The van der Waals surface area contributed by atoms with E-state index in [-0.39, 0.29) is 56.8 Å². The van der Waals surface area contributed by atoms with Crippen LogP contribution in [0.2, 0.25) is 0 Å². The maximum absolute atomic E-state index is 14.5. The average molecular weight is 1000 g/mol. The van der Waals surface area contributed by atoms with Gasteiger partial charge in [0.2, 0.25) is 17.2 Å². The van der Waals surface area contributed by atoms with Crippen molar-refractivity contribution in [2.45, 2.75) is 111 Å². The van der Waals surface area contributed by atoms with Gasteiger partial charge in [-0.2, -0.15) is 8.42 Å². The fourth-order valence-electron chi connectivity index (χ4n) is 9.26. The second-order valence-corrected chi connectivity index (χ2v) is 19.4. The van der Waals surface area contributed by atoms with E-state index >= 15 is 0 Å². The summed E-state index contributed by atoms with van der Waals surface area (Å²) in [7, 11) is -4.62. The third-order valence-corrected chi connectivity index (χ3v) is 13.9. The molecule has 4 aliphatic rings. The zero-order valence-corrected chi connectivity index (χ0v) is 42.1. The van der Waals surface area contributed by atoms with Gasteiger partial charge in [0.1, 0.15) is 36.2 Å². The highest BCUT2D eigenvalue weighted by atomic mass is 32.2. The van der Waals surface area contributed by atoms with Gasteiger partial charge in [0.05, 0.1) is 6.07 Å². The molecular weight excluding hydrogens is 933 g/mol. The van der Waals surface area contributed by atoms with Crippen LogP contribution in [-0.4, -0.2) is 133 Å². The summed E-state index contributed by atoms with van der Waals surface area (Å²) in [6, 6.07) is 18.7. The van der Waals surface area contributed by atoms with Crippen LogP contribution in [0.1, 0.15) is 115 Å². The highest BCUT2D eigenvalue weighted by Crippen LogP contribution is 2.42. The number of rotatable bonds is 24. The number of hydroxylamine groups is 2. The number of amides is 5. The lowest BCUT2D eigenvalue weighted by atomic mass is 9.90. The minimum absolute atomic E-state index is 0.00850. The zero-order valence-electron chi connectivity index (χ0n) is 41.3. The van der Waals surface area contributed by atoms with E-state index in [1.165, 1.54) is 0 Å². The van der Waals surface area contributed by atoms with Gasteiger partial charge >= 0.3 is 5.97 Å². The number of fused-ring (bicyclic) bond motifs is 2. The van der Waals surface area contributed by atoms with E-state index in [1.54, 1.807) is 9.80 Å². The molecule has 2 aromatic rings. The Balaban J connectivity index is 1.00. The Hall–Kier alpha value is -6.47. The number of Topliss-reactive ketones (excluding diaryl/α,β-unsaturated/α-hetero) is 1. The van der Waals surface area contributed by atoms with Gasteiger partial charge in [-0.05, 0) is 83.2 Å². The highest BCUT2D eigenvalue weighted by molar-refractivity contribution is 7.85. The number of imide groups is 1. The summed E-state index contributed by atoms with van der Waals surface area (Å²) in [6.07, 6.45) is 2.22. The molecule has 2 fully saturated rings. The van der Waals surface area contributed by atoms with Crippen LogP contribution in [0.4, 0.5) is 5.69 Å². The average Bonchev–Trinajstić information content (AvgIpc) is 3.67. The van der Waals surface area contributed by atoms with Gasteiger partial charge in [-0.1, -0.05) is 31.0 Å². The van der Waals surface area contributed by atoms with Gasteiger partial charge in [0.25, 0.3) is 27.8 Å². The Bertz CT molecular complexity index is 2740. The van der Waals surface area contributed by atoms with Gasteiger partial charge in [-0.25, -0.2) is 9.37 Å². The molecule has 3 aliphatic heterocycles. The molecule has 71 heavy (non-hydrogen) atoms. The lowest BCUT2D eigenvalue weighted by molar-refractivity contribution is -0.197. The number of benzene rings is 3. The molecule has 5 amide bonds. The topological polar surface area (TPSA) is 224 Å². The number of ketones is 1. The first kappa shape index (κ1) is 53.9. The molecule has 1 aliphatic carbocycles. The number of unbranched alkanes of at least 4 members (excludes halogenated alkanes) is 4. The number of carbonyl (C=O) groups excluding carboxylic acids is 7. The summed E-state index contributed by atoms with van der Waals surface area (Å²) >= 11 is 0. The van der Waals surface area contributed by atoms with Crippen LogP contribution in [-0.2, 0) is 43.7 Å². The number of nitrogens with zero attached hydrogens (tertiary/aromatic N) is 5. The summed E-state index contributed by atoms with van der Waals surface area (Å²) in [5.41, 5.74) is 4.90. The maximum Gasteiger partial charge on any atom is 0.333 e. The van der Waals surface area contributed by atoms with Crippen LogP contribution in [0, 0.1) is 0 Å². The molecule has 18 nitrogen and oxygen atoms in total. The molecule has 0 spiro atoms. The Morgan fingerprint density at radius 1 is 0.761 bits per heavy atom. The van der Waals surface area contributed by atoms with Crippen molar-refractivity contribution in [2.24, 2.45) is 0 Å². The van der Waals surface area contributed by atoms with Gasteiger partial charge in [0.15, 0.2) is 5.78 Å². The Kier molecular flexibility index (Phi) is 19.0. The third-order valence-electron chi connectivity index (χ3n) is 13.2. The van der Waals surface area contributed by atoms with E-state index in [0.717, 1.165) is 70.6 Å². The fraction of sp³-hybridized carbons (Fsp3) is 0.500. The molecule has 3 heterocycles. The molecule has 2 N–H and O–H groups in total. The lowest BCUT2D eigenvalue weighted by Gasteiger charge is -2.35. The largest absolute Gasteiger partial charge is 0.456 e. The summed E-state index contributed by atoms with van der Waals surface area (Å²) in [4.78, 5) is 99.4. The lowest BCUT2D eigenvalue weighted by Crippen LogP contribution is -2.50. The van der Waals surface area contributed by atoms with Crippen molar-refractivity contribution in [1.82, 2.24) is 24.8 Å². The van der Waals surface area contributed by atoms with Crippen molar-refractivity contribution in [3.05, 3.63) is 71.6 Å². The van der Waals surface area contributed by atoms with Crippen molar-refractivity contribution in [2.75, 3.05) is 63.0 Å². The molecule has 2 aromatic carbocycles. The molecule has 0 saturated carbocycles. The van der Waals surface area contributed by atoms with Crippen LogP contribution in [0.15, 0.2) is 65.1 Å². The Labute approximate surface area is 415 Å². The van der Waals surface area contributed by atoms with Crippen LogP contribution in [0.25, 0.3) is 33.4 Å². The van der Waals surface area contributed by atoms with Gasteiger partial charge < -0.3 is 29.3 Å². The first-order valence-electron chi connectivity index (χ1n) is 24.9. The van der Waals surface area contributed by atoms with Crippen LogP contribution < -0.4 is 20.1 Å². The Morgan fingerprint density at radius 2 is 1.39 bits per heavy atom. The van der Waals surface area contributed by atoms with E-state index < -0.39 is 51.4 Å². The van der Waals surface area contributed by atoms with Gasteiger partial charge in [-0.15, -0.1) is 5.06 Å². The maximum atomic E-state index is 14.5. The number of anilines is 1. The second-order valence-electron chi connectivity index (χ2n) is 17.9. The van der Waals surface area contributed by atoms with Crippen molar-refractivity contribution in [3.63, 3.8) is 0 Å². The first-order chi connectivity index (χ1) is 34.0. The standard InChI is InChI=1S/C52H66N6O12S/c1-5-54(6-2)36-23-25-40-44(33-36)69-45-34-37(55(7-3)8-4)24-26-41(45)51(40)38-17-13-14-18-39(38)52(65)57-31-29-56(30-32-57)47(61)21-16-15-20-46(60)53-42(35-71(66,67)68)43(59)19-11-9-10-12-22-50(64)70-58-48(62)27-28-49(58)63/h13-14,17-18,23-26,33-34,42H,5-12,15-16,19-22,27-32,35H2,1-4H3,(H-,53,60,66,67,68)/p+1. The van der Waals surface area contributed by atoms with Crippen LogP contribution in [0.5, 0.6) is 0 Å². The molecule has 1 atom stereocenters. The summed E-state index contributed by atoms with van der Waals surface area (Å²) < 4.78 is 41.9. The number of hydrogen-bond donors (Lipinski definition) is 2. The smallest absolute Gasteiger partial charge is 0.333 e. The normalized spacial score (nSPS) is 14.5. The van der Waals surface area contributed by atoms with E-state index in [0.29, 0.717) is 68.9 Å². The molecule has 0 aromatic heterocycles. The second kappa shape index (κ2) is 25.1. The minimum Gasteiger partial charge on any atom is -0.456 e. The minimum atomic E-state index is -4.62. The summed E-state index contributed by atoms with van der Waals surface area (Å²) in [5.74, 6) is -3.57. The van der Waals surface area contributed by atoms with Crippen LogP contribution in [0.3, 0.4) is 0 Å². The van der Waals surface area contributed by atoms with E-state index in [2.05, 4.69) is 78.9 Å². The van der Waals surface area contributed by atoms with Crippen molar-refractivity contribution in [3.8, 4) is 22.5 Å². The molecular formula is C52H67N6O12S+. The summed E-state index contributed by atoms with van der Waals surface area (Å²) in [6.45, 7) is 13.2. The number of carbonyl (C=O) groups is 7. The predicted octanol–water partition coefficient (Wildman–Crippen LogP) is 5.60. The monoisotopic (exact) mass is 999 g/mol. The Morgan fingerprint density at radius 3 is 2.06 bits per heavy atom. The quantitative estimate of drug-likeness (QED) is 0.0287. The van der Waals surface area contributed by atoms with E-state index in [9.17, 15) is 46.5 Å². The third kappa shape index (κ3) is 14.1. The first-order valence-corrected chi connectivity index (χ1v) is 26.5. The fourth-order valence-corrected chi connectivity index (χ4v) is 9.95. The number of nitrogens with one attached hydrogen (secondary N) is 1. The van der Waals surface area contributed by atoms with Crippen LogP contribution >= 0.6 is 0 Å². The molecule has 6 rings (SSSR count). The van der Waals surface area contributed by atoms with Crippen molar-refractivity contribution < 1.29 is 55.8 Å². The number of hydrogen-bond acceptors (Lipinski definition) is 12. The van der Waals surface area contributed by atoms with E-state index in [4.69, 9.17) is 9.25 Å². The summed E-state index contributed by atoms with van der Waals surface area (Å²) in [5, 5.41) is 4.85. The van der Waals surface area contributed by atoms with Crippen molar-refractivity contribution in [1.29, 1.82) is 0 Å². The molecule has 19 heteroatoms. The molecule has 1 unspecified atom stereocenters. The molecule has 382 valence electrons. The molecule has 0 radical (unpaired) electrons.